The lowest BCUT2D eigenvalue weighted by Gasteiger charge is -2.21. The number of para-hydroxylation sites is 1. The molecule has 1 aliphatic carbocycles. The predicted octanol–water partition coefficient (Wildman–Crippen LogP) is 11.5. The topological polar surface area (TPSA) is 20.7 Å². The van der Waals surface area contributed by atoms with E-state index < -0.39 is 0 Å². The van der Waals surface area contributed by atoms with Crippen LogP contribution in [0, 0.1) is 0 Å². The summed E-state index contributed by atoms with van der Waals surface area (Å²) in [6.07, 6.45) is 0. The number of H-pyrrole nitrogens is 1. The molecule has 1 aliphatic rings. The van der Waals surface area contributed by atoms with E-state index in [1.807, 2.05) is 0 Å². The van der Waals surface area contributed by atoms with Crippen molar-refractivity contribution < 1.29 is 0 Å². The van der Waals surface area contributed by atoms with E-state index in [0.717, 1.165) is 0 Å². The van der Waals surface area contributed by atoms with Crippen molar-refractivity contribution in [2.75, 3.05) is 0 Å². The number of rotatable bonds is 2. The van der Waals surface area contributed by atoms with E-state index in [-0.39, 0.29) is 5.41 Å². The summed E-state index contributed by atoms with van der Waals surface area (Å²) in [7, 11) is 0. The summed E-state index contributed by atoms with van der Waals surface area (Å²) in [5.74, 6) is 0. The molecule has 1 N–H and O–H groups in total. The zero-order valence-electron chi connectivity index (χ0n) is 25.2. The zero-order chi connectivity index (χ0) is 29.9. The first-order valence-corrected chi connectivity index (χ1v) is 15.8. The lowest BCUT2D eigenvalue weighted by Crippen LogP contribution is -2.14. The first-order valence-electron chi connectivity index (χ1n) is 15.8. The van der Waals surface area contributed by atoms with Crippen LogP contribution in [0.15, 0.2) is 140 Å². The van der Waals surface area contributed by atoms with Crippen LogP contribution >= 0.6 is 0 Å². The molecule has 0 saturated carbocycles. The fraction of sp³-hybridized carbons (Fsp3) is 0.0698. The Balaban J connectivity index is 1.25. The molecule has 0 amide bonds. The number of hydrogen-bond acceptors (Lipinski definition) is 0. The summed E-state index contributed by atoms with van der Waals surface area (Å²) in [4.78, 5) is 3.58. The van der Waals surface area contributed by atoms with Gasteiger partial charge in [-0.15, -0.1) is 0 Å². The second-order valence-electron chi connectivity index (χ2n) is 13.1. The third-order valence-corrected chi connectivity index (χ3v) is 10.3. The van der Waals surface area contributed by atoms with Gasteiger partial charge in [0.2, 0.25) is 0 Å². The van der Waals surface area contributed by atoms with Crippen LogP contribution in [0.3, 0.4) is 0 Å². The van der Waals surface area contributed by atoms with E-state index in [0.29, 0.717) is 0 Å². The van der Waals surface area contributed by atoms with Crippen molar-refractivity contribution >= 4 is 54.4 Å². The molecule has 7 aromatic carbocycles. The van der Waals surface area contributed by atoms with Crippen molar-refractivity contribution in [1.82, 2.24) is 9.55 Å². The van der Waals surface area contributed by atoms with Gasteiger partial charge >= 0.3 is 0 Å². The summed E-state index contributed by atoms with van der Waals surface area (Å²) in [6, 6.07) is 51.7. The van der Waals surface area contributed by atoms with Crippen LogP contribution in [-0.4, -0.2) is 9.55 Å². The molecule has 0 bridgehead atoms. The van der Waals surface area contributed by atoms with Crippen LogP contribution < -0.4 is 0 Å². The average molecular weight is 575 g/mol. The van der Waals surface area contributed by atoms with Crippen molar-refractivity contribution in [3.63, 3.8) is 0 Å². The van der Waals surface area contributed by atoms with Crippen LogP contribution in [0.25, 0.3) is 82.3 Å². The molecule has 2 heteroatoms. The highest BCUT2D eigenvalue weighted by Gasteiger charge is 2.35. The van der Waals surface area contributed by atoms with E-state index in [1.165, 1.54) is 93.5 Å². The molecule has 0 spiro atoms. The Kier molecular flexibility index (Phi) is 4.82. The highest BCUT2D eigenvalue weighted by atomic mass is 15.0. The Labute approximate surface area is 261 Å². The van der Waals surface area contributed by atoms with Crippen molar-refractivity contribution in [1.29, 1.82) is 0 Å². The molecule has 0 saturated heterocycles. The van der Waals surface area contributed by atoms with Gasteiger partial charge in [-0.3, -0.25) is 0 Å². The molecule has 212 valence electrons. The lowest BCUT2D eigenvalue weighted by atomic mass is 9.82. The van der Waals surface area contributed by atoms with Gasteiger partial charge in [-0.05, 0) is 92.7 Å². The van der Waals surface area contributed by atoms with Crippen LogP contribution in [-0.2, 0) is 5.41 Å². The van der Waals surface area contributed by atoms with E-state index >= 15 is 0 Å². The highest BCUT2D eigenvalue weighted by Crippen LogP contribution is 2.49. The maximum atomic E-state index is 3.58. The quantitative estimate of drug-likeness (QED) is 0.212. The maximum Gasteiger partial charge on any atom is 0.0547 e. The van der Waals surface area contributed by atoms with Crippen LogP contribution in [0.5, 0.6) is 0 Å². The smallest absolute Gasteiger partial charge is 0.0547 e. The number of benzene rings is 7. The minimum Gasteiger partial charge on any atom is -0.355 e. The maximum absolute atomic E-state index is 3.58. The summed E-state index contributed by atoms with van der Waals surface area (Å²) in [5.41, 5.74) is 13.9. The highest BCUT2D eigenvalue weighted by molar-refractivity contribution is 6.22. The van der Waals surface area contributed by atoms with Crippen LogP contribution in [0.1, 0.15) is 25.0 Å². The molecular formula is C43H30N2. The van der Waals surface area contributed by atoms with Crippen molar-refractivity contribution in [3.8, 4) is 27.9 Å². The Hall–Kier alpha value is -5.60. The molecule has 0 radical (unpaired) electrons. The lowest BCUT2D eigenvalue weighted by molar-refractivity contribution is 0.660. The van der Waals surface area contributed by atoms with Crippen LogP contribution in [0.2, 0.25) is 0 Å². The Morgan fingerprint density at radius 1 is 0.489 bits per heavy atom. The van der Waals surface area contributed by atoms with E-state index in [2.05, 4.69) is 163 Å². The van der Waals surface area contributed by atoms with Crippen molar-refractivity contribution in [3.05, 3.63) is 151 Å². The standard InChI is InChI=1S/C43H30N2/c1-43(2)36-13-7-5-11-31(36)33-25-29(18-19-37(33)43)45-40-21-17-28(24-35(40)42-30-10-4-3-9-26(30)16-22-41(42)45)27-15-20-39-34(23-27)32-12-6-8-14-38(32)44-39/h3-25,44H,1-2H3. The summed E-state index contributed by atoms with van der Waals surface area (Å²) < 4.78 is 2.47. The molecule has 2 aromatic heterocycles. The monoisotopic (exact) mass is 574 g/mol. The fourth-order valence-corrected chi connectivity index (χ4v) is 8.12. The molecule has 0 aliphatic heterocycles. The number of aromatic nitrogens is 2. The second-order valence-corrected chi connectivity index (χ2v) is 13.1. The van der Waals surface area contributed by atoms with Gasteiger partial charge in [-0.25, -0.2) is 0 Å². The number of nitrogens with zero attached hydrogens (tertiary/aromatic N) is 1. The second kappa shape index (κ2) is 8.74. The third kappa shape index (κ3) is 3.34. The third-order valence-electron chi connectivity index (χ3n) is 10.3. The van der Waals surface area contributed by atoms with Crippen molar-refractivity contribution in [2.24, 2.45) is 0 Å². The SMILES string of the molecule is CC1(C)c2ccccc2-c2cc(-n3c4ccc(-c5ccc6[nH]c7ccccc7c6c5)cc4c4c5ccccc5ccc43)ccc21. The van der Waals surface area contributed by atoms with Gasteiger partial charge < -0.3 is 9.55 Å². The van der Waals surface area contributed by atoms with E-state index in [4.69, 9.17) is 0 Å². The zero-order valence-corrected chi connectivity index (χ0v) is 25.2. The minimum absolute atomic E-state index is 0.0116. The molecular weight excluding hydrogens is 544 g/mol. The molecule has 0 atom stereocenters. The van der Waals surface area contributed by atoms with Crippen molar-refractivity contribution in [2.45, 2.75) is 19.3 Å². The molecule has 45 heavy (non-hydrogen) atoms. The summed E-state index contributed by atoms with van der Waals surface area (Å²) >= 11 is 0. The molecule has 10 rings (SSSR count). The van der Waals surface area contributed by atoms with Crippen LogP contribution in [0.4, 0.5) is 0 Å². The number of aromatic amines is 1. The number of nitrogens with one attached hydrogen (secondary N) is 1. The van der Waals surface area contributed by atoms with Gasteiger partial charge in [0.05, 0.1) is 11.0 Å². The molecule has 9 aromatic rings. The largest absolute Gasteiger partial charge is 0.355 e. The van der Waals surface area contributed by atoms with Gasteiger partial charge in [-0.2, -0.15) is 0 Å². The summed E-state index contributed by atoms with van der Waals surface area (Å²) in [5, 5.41) is 7.66. The van der Waals surface area contributed by atoms with E-state index in [9.17, 15) is 0 Å². The predicted molar refractivity (Wildman–Crippen MR) is 191 cm³/mol. The summed E-state index contributed by atoms with van der Waals surface area (Å²) in [6.45, 7) is 4.69. The molecule has 0 fully saturated rings. The molecule has 0 unspecified atom stereocenters. The Bertz CT molecular complexity index is 2680. The van der Waals surface area contributed by atoms with Gasteiger partial charge in [0.1, 0.15) is 0 Å². The van der Waals surface area contributed by atoms with Gasteiger partial charge in [0.25, 0.3) is 0 Å². The van der Waals surface area contributed by atoms with Gasteiger partial charge in [0.15, 0.2) is 0 Å². The average Bonchev–Trinajstić information content (AvgIpc) is 3.70. The Morgan fingerprint density at radius 3 is 2.09 bits per heavy atom. The normalized spacial score (nSPS) is 13.7. The molecule has 2 heterocycles. The minimum atomic E-state index is -0.0116. The molecule has 2 nitrogen and oxygen atoms in total. The number of hydrogen-bond donors (Lipinski definition) is 1. The first kappa shape index (κ1) is 24.8. The Morgan fingerprint density at radius 2 is 1.18 bits per heavy atom. The van der Waals surface area contributed by atoms with Gasteiger partial charge in [-0.1, -0.05) is 105 Å². The number of fused-ring (bicyclic) bond motifs is 11. The first-order chi connectivity index (χ1) is 22.1. The fourth-order valence-electron chi connectivity index (χ4n) is 8.12. The van der Waals surface area contributed by atoms with E-state index in [1.54, 1.807) is 0 Å². The van der Waals surface area contributed by atoms with Gasteiger partial charge in [0, 0.05) is 43.7 Å².